The van der Waals surface area contributed by atoms with E-state index in [0.717, 1.165) is 5.56 Å². The zero-order chi connectivity index (χ0) is 12.7. The average molecular weight is 236 g/mol. The van der Waals surface area contributed by atoms with Crippen LogP contribution in [0, 0.1) is 0 Å². The Balaban J connectivity index is 2.50. The predicted molar refractivity (Wildman–Crippen MR) is 63.2 cm³/mol. The third kappa shape index (κ3) is 4.34. The number of aliphatic hydroxyl groups excluding tert-OH is 1. The van der Waals surface area contributed by atoms with E-state index >= 15 is 0 Å². The lowest BCUT2D eigenvalue weighted by Gasteiger charge is -2.15. The van der Waals surface area contributed by atoms with Crippen LogP contribution in [0.3, 0.4) is 0 Å². The highest BCUT2D eigenvalue weighted by atomic mass is 16.3. The van der Waals surface area contributed by atoms with E-state index < -0.39 is 24.6 Å². The molecule has 1 amide bonds. The van der Waals surface area contributed by atoms with Crippen molar-refractivity contribution in [2.24, 2.45) is 5.73 Å². The van der Waals surface area contributed by atoms with Gasteiger partial charge in [-0.3, -0.25) is 4.79 Å². The zero-order valence-electron chi connectivity index (χ0n) is 9.37. The summed E-state index contributed by atoms with van der Waals surface area (Å²) in [5.41, 5.74) is 6.64. The fraction of sp³-hybridized carbons (Fsp3) is 0.333. The molecule has 0 bridgehead atoms. The van der Waals surface area contributed by atoms with E-state index in [2.05, 4.69) is 5.32 Å². The van der Waals surface area contributed by atoms with Crippen molar-refractivity contribution >= 4 is 12.2 Å². The third-order valence-corrected chi connectivity index (χ3v) is 2.32. The van der Waals surface area contributed by atoms with E-state index in [4.69, 9.17) is 10.8 Å². The van der Waals surface area contributed by atoms with Crippen LogP contribution >= 0.6 is 0 Å². The number of nitrogens with one attached hydrogen (secondary N) is 1. The van der Waals surface area contributed by atoms with E-state index in [0.29, 0.717) is 12.7 Å². The van der Waals surface area contributed by atoms with Crippen molar-refractivity contribution < 1.29 is 14.7 Å². The normalized spacial score (nSPS) is 13.8. The standard InChI is InChI=1S/C12H16N2O3/c13-11(6-9-4-2-1-3-5-9)12(17)14-10(7-15)8-16/h1-5,7,10-11,16H,6,8,13H2,(H,14,17). The van der Waals surface area contributed by atoms with Gasteiger partial charge in [0, 0.05) is 0 Å². The molecule has 2 atom stereocenters. The van der Waals surface area contributed by atoms with Gasteiger partial charge in [0.15, 0.2) is 0 Å². The molecule has 2 unspecified atom stereocenters. The molecule has 17 heavy (non-hydrogen) atoms. The molecule has 0 saturated heterocycles. The number of amides is 1. The van der Waals surface area contributed by atoms with E-state index in [1.165, 1.54) is 0 Å². The lowest BCUT2D eigenvalue weighted by atomic mass is 10.1. The van der Waals surface area contributed by atoms with Crippen molar-refractivity contribution in [2.75, 3.05) is 6.61 Å². The molecule has 0 heterocycles. The number of carbonyl (C=O) groups excluding carboxylic acids is 2. The molecule has 5 nitrogen and oxygen atoms in total. The summed E-state index contributed by atoms with van der Waals surface area (Å²) in [6.45, 7) is -0.423. The number of aliphatic hydroxyl groups is 1. The number of aldehydes is 1. The Morgan fingerprint density at radius 2 is 2.06 bits per heavy atom. The molecule has 0 saturated carbocycles. The van der Waals surface area contributed by atoms with E-state index in [1.807, 2.05) is 30.3 Å². The van der Waals surface area contributed by atoms with Crippen molar-refractivity contribution in [3.63, 3.8) is 0 Å². The quantitative estimate of drug-likeness (QED) is 0.566. The minimum absolute atomic E-state index is 0.393. The van der Waals surface area contributed by atoms with Gasteiger partial charge in [-0.25, -0.2) is 0 Å². The maximum Gasteiger partial charge on any atom is 0.237 e. The van der Waals surface area contributed by atoms with Gasteiger partial charge in [0.1, 0.15) is 12.3 Å². The number of benzene rings is 1. The molecule has 4 N–H and O–H groups in total. The first-order valence-electron chi connectivity index (χ1n) is 5.33. The van der Waals surface area contributed by atoms with E-state index in [-0.39, 0.29) is 0 Å². The van der Waals surface area contributed by atoms with Gasteiger partial charge in [0.25, 0.3) is 0 Å². The second-order valence-corrected chi connectivity index (χ2v) is 3.73. The Morgan fingerprint density at radius 1 is 1.41 bits per heavy atom. The minimum Gasteiger partial charge on any atom is -0.394 e. The molecule has 0 aliphatic rings. The van der Waals surface area contributed by atoms with Gasteiger partial charge in [0.05, 0.1) is 12.6 Å². The molecule has 0 spiro atoms. The summed E-state index contributed by atoms with van der Waals surface area (Å²) in [5, 5.41) is 11.1. The molecule has 0 fully saturated rings. The summed E-state index contributed by atoms with van der Waals surface area (Å²) in [5.74, 6) is -0.444. The van der Waals surface area contributed by atoms with Crippen LogP contribution in [0.2, 0.25) is 0 Å². The van der Waals surface area contributed by atoms with Crippen molar-refractivity contribution in [3.05, 3.63) is 35.9 Å². The molecular formula is C12H16N2O3. The van der Waals surface area contributed by atoms with Gasteiger partial charge in [-0.05, 0) is 12.0 Å². The van der Waals surface area contributed by atoms with Gasteiger partial charge in [-0.15, -0.1) is 0 Å². The molecule has 92 valence electrons. The zero-order valence-corrected chi connectivity index (χ0v) is 9.37. The Morgan fingerprint density at radius 3 is 2.59 bits per heavy atom. The summed E-state index contributed by atoms with van der Waals surface area (Å²) < 4.78 is 0. The fourth-order valence-electron chi connectivity index (χ4n) is 1.37. The van der Waals surface area contributed by atoms with Gasteiger partial charge in [0.2, 0.25) is 5.91 Å². The van der Waals surface area contributed by atoms with Crippen LogP contribution in [0.1, 0.15) is 5.56 Å². The van der Waals surface area contributed by atoms with Crippen LogP contribution in [-0.2, 0) is 16.0 Å². The fourth-order valence-corrected chi connectivity index (χ4v) is 1.37. The monoisotopic (exact) mass is 236 g/mol. The lowest BCUT2D eigenvalue weighted by Crippen LogP contribution is -2.48. The van der Waals surface area contributed by atoms with Gasteiger partial charge >= 0.3 is 0 Å². The Hall–Kier alpha value is -1.72. The van der Waals surface area contributed by atoms with Crippen LogP contribution in [0.4, 0.5) is 0 Å². The summed E-state index contributed by atoms with van der Waals surface area (Å²) in [6, 6.07) is 7.73. The van der Waals surface area contributed by atoms with Crippen LogP contribution in [-0.4, -0.2) is 36.0 Å². The summed E-state index contributed by atoms with van der Waals surface area (Å²) in [4.78, 5) is 22.0. The highest BCUT2D eigenvalue weighted by molar-refractivity contribution is 5.84. The number of carbonyl (C=O) groups is 2. The second-order valence-electron chi connectivity index (χ2n) is 3.73. The van der Waals surface area contributed by atoms with Crippen molar-refractivity contribution in [2.45, 2.75) is 18.5 Å². The summed E-state index contributed by atoms with van der Waals surface area (Å²) in [6.07, 6.45) is 0.872. The van der Waals surface area contributed by atoms with Gasteiger partial charge in [-0.2, -0.15) is 0 Å². The largest absolute Gasteiger partial charge is 0.394 e. The average Bonchev–Trinajstić information content (AvgIpc) is 2.36. The Bertz CT molecular complexity index is 367. The van der Waals surface area contributed by atoms with Crippen LogP contribution < -0.4 is 11.1 Å². The van der Waals surface area contributed by atoms with Gasteiger partial charge < -0.3 is 21.0 Å². The van der Waals surface area contributed by atoms with E-state index in [1.54, 1.807) is 0 Å². The first-order chi connectivity index (χ1) is 8.17. The Kier molecular flexibility index (Phi) is 5.32. The molecule has 1 rings (SSSR count). The molecule has 0 aliphatic heterocycles. The number of hydrogen-bond acceptors (Lipinski definition) is 4. The first-order valence-corrected chi connectivity index (χ1v) is 5.33. The third-order valence-electron chi connectivity index (χ3n) is 2.32. The van der Waals surface area contributed by atoms with Crippen molar-refractivity contribution in [3.8, 4) is 0 Å². The summed E-state index contributed by atoms with van der Waals surface area (Å²) >= 11 is 0. The smallest absolute Gasteiger partial charge is 0.237 e. The second kappa shape index (κ2) is 6.78. The minimum atomic E-state index is -0.885. The molecule has 5 heteroatoms. The maximum absolute atomic E-state index is 11.6. The first kappa shape index (κ1) is 13.3. The molecule has 0 aromatic heterocycles. The van der Waals surface area contributed by atoms with Crippen LogP contribution in [0.25, 0.3) is 0 Å². The number of rotatable bonds is 6. The van der Waals surface area contributed by atoms with Gasteiger partial charge in [-0.1, -0.05) is 30.3 Å². The molecule has 1 aromatic carbocycles. The SMILES string of the molecule is NC(Cc1ccccc1)C(=O)NC(C=O)CO. The van der Waals surface area contributed by atoms with Crippen molar-refractivity contribution in [1.29, 1.82) is 0 Å². The summed E-state index contributed by atoms with van der Waals surface area (Å²) in [7, 11) is 0. The van der Waals surface area contributed by atoms with Crippen LogP contribution in [0.5, 0.6) is 0 Å². The van der Waals surface area contributed by atoms with Crippen molar-refractivity contribution in [1.82, 2.24) is 5.32 Å². The molecular weight excluding hydrogens is 220 g/mol. The predicted octanol–water partition coefficient (Wildman–Crippen LogP) is -0.768. The highest BCUT2D eigenvalue weighted by Crippen LogP contribution is 2.01. The molecule has 1 aromatic rings. The Labute approximate surface area is 99.6 Å². The lowest BCUT2D eigenvalue weighted by molar-refractivity contribution is -0.125. The van der Waals surface area contributed by atoms with Crippen LogP contribution in [0.15, 0.2) is 30.3 Å². The van der Waals surface area contributed by atoms with E-state index in [9.17, 15) is 9.59 Å². The highest BCUT2D eigenvalue weighted by Gasteiger charge is 2.17. The maximum atomic E-state index is 11.6. The molecule has 0 aliphatic carbocycles. The molecule has 0 radical (unpaired) electrons. The number of hydrogen-bond donors (Lipinski definition) is 3. The number of nitrogens with two attached hydrogens (primary N) is 1. The topological polar surface area (TPSA) is 92.4 Å².